The normalized spacial score (nSPS) is 33.8. The van der Waals surface area contributed by atoms with Gasteiger partial charge in [0.1, 0.15) is 0 Å². The number of hydrogen-bond donors (Lipinski definition) is 1. The van der Waals surface area contributed by atoms with Crippen LogP contribution in [0, 0.1) is 11.8 Å². The Kier molecular flexibility index (Phi) is 6.15. The zero-order chi connectivity index (χ0) is 13.7. The van der Waals surface area contributed by atoms with Crippen LogP contribution in [-0.4, -0.2) is 36.6 Å². The quantitative estimate of drug-likeness (QED) is 0.817. The Morgan fingerprint density at radius 1 is 1.05 bits per heavy atom. The molecule has 1 saturated carbocycles. The maximum absolute atomic E-state index is 3.69. The van der Waals surface area contributed by atoms with Crippen molar-refractivity contribution in [2.24, 2.45) is 11.8 Å². The Bertz CT molecular complexity index is 244. The first-order valence-electron chi connectivity index (χ1n) is 8.63. The van der Waals surface area contributed by atoms with E-state index in [2.05, 4.69) is 31.0 Å². The van der Waals surface area contributed by atoms with Crippen molar-refractivity contribution >= 4 is 0 Å². The van der Waals surface area contributed by atoms with Gasteiger partial charge in [-0.15, -0.1) is 0 Å². The van der Waals surface area contributed by atoms with E-state index >= 15 is 0 Å². The molecule has 1 saturated heterocycles. The fourth-order valence-electron chi connectivity index (χ4n) is 3.84. The fourth-order valence-corrected chi connectivity index (χ4v) is 3.84. The van der Waals surface area contributed by atoms with Gasteiger partial charge in [-0.3, -0.25) is 4.90 Å². The smallest absolute Gasteiger partial charge is 0.0223 e. The van der Waals surface area contributed by atoms with E-state index in [1.807, 2.05) is 0 Å². The average molecular weight is 266 g/mol. The molecule has 0 aromatic carbocycles. The molecule has 19 heavy (non-hydrogen) atoms. The van der Waals surface area contributed by atoms with Crippen molar-refractivity contribution in [2.45, 2.75) is 77.8 Å². The van der Waals surface area contributed by atoms with E-state index in [1.54, 1.807) is 0 Å². The maximum atomic E-state index is 3.69. The highest BCUT2D eigenvalue weighted by Crippen LogP contribution is 2.30. The highest BCUT2D eigenvalue weighted by molar-refractivity contribution is 4.86. The molecule has 1 aliphatic heterocycles. The Labute approximate surface area is 120 Å². The summed E-state index contributed by atoms with van der Waals surface area (Å²) in [7, 11) is 0. The number of rotatable bonds is 5. The third-order valence-corrected chi connectivity index (χ3v) is 5.06. The summed E-state index contributed by atoms with van der Waals surface area (Å²) in [6.07, 6.45) is 10.1. The van der Waals surface area contributed by atoms with Gasteiger partial charge in [0, 0.05) is 18.6 Å². The van der Waals surface area contributed by atoms with E-state index < -0.39 is 0 Å². The van der Waals surface area contributed by atoms with Crippen LogP contribution >= 0.6 is 0 Å². The highest BCUT2D eigenvalue weighted by Gasteiger charge is 2.30. The predicted molar refractivity (Wildman–Crippen MR) is 83.5 cm³/mol. The predicted octanol–water partition coefficient (Wildman–Crippen LogP) is 3.67. The molecule has 2 nitrogen and oxygen atoms in total. The van der Waals surface area contributed by atoms with Crippen LogP contribution in [0.25, 0.3) is 0 Å². The fraction of sp³-hybridized carbons (Fsp3) is 1.00. The first-order chi connectivity index (χ1) is 9.16. The maximum Gasteiger partial charge on any atom is 0.0223 e. The minimum atomic E-state index is 0.771. The van der Waals surface area contributed by atoms with Crippen LogP contribution in [-0.2, 0) is 0 Å². The molecule has 0 bridgehead atoms. The lowest BCUT2D eigenvalue weighted by Crippen LogP contribution is -2.51. The van der Waals surface area contributed by atoms with Crippen LogP contribution < -0.4 is 5.32 Å². The lowest BCUT2D eigenvalue weighted by atomic mass is 9.85. The Balaban J connectivity index is 1.81. The van der Waals surface area contributed by atoms with Gasteiger partial charge < -0.3 is 5.32 Å². The second kappa shape index (κ2) is 7.64. The topological polar surface area (TPSA) is 15.3 Å². The van der Waals surface area contributed by atoms with Gasteiger partial charge in [-0.2, -0.15) is 0 Å². The first-order valence-corrected chi connectivity index (χ1v) is 8.63. The van der Waals surface area contributed by atoms with Crippen molar-refractivity contribution in [1.82, 2.24) is 10.2 Å². The van der Waals surface area contributed by atoms with E-state index in [9.17, 15) is 0 Å². The largest absolute Gasteiger partial charge is 0.315 e. The molecule has 112 valence electrons. The van der Waals surface area contributed by atoms with Crippen molar-refractivity contribution in [1.29, 1.82) is 0 Å². The lowest BCUT2D eigenvalue weighted by Gasteiger charge is -2.44. The SMILES string of the molecule is CC(C)CNCC1CCCCN1C1CCC(C)CC1. The molecule has 0 spiro atoms. The second-order valence-electron chi connectivity index (χ2n) is 7.35. The molecular weight excluding hydrogens is 232 g/mol. The van der Waals surface area contributed by atoms with Crippen LogP contribution in [0.5, 0.6) is 0 Å². The van der Waals surface area contributed by atoms with Crippen LogP contribution in [0.1, 0.15) is 65.7 Å². The van der Waals surface area contributed by atoms with Crippen LogP contribution in [0.15, 0.2) is 0 Å². The molecule has 2 aliphatic rings. The minimum Gasteiger partial charge on any atom is -0.315 e. The number of nitrogens with zero attached hydrogens (tertiary/aromatic N) is 1. The third kappa shape index (κ3) is 4.75. The van der Waals surface area contributed by atoms with Crippen molar-refractivity contribution in [3.8, 4) is 0 Å². The van der Waals surface area contributed by atoms with Crippen molar-refractivity contribution in [3.63, 3.8) is 0 Å². The minimum absolute atomic E-state index is 0.771. The molecule has 1 aliphatic carbocycles. The Morgan fingerprint density at radius 2 is 1.79 bits per heavy atom. The van der Waals surface area contributed by atoms with Crippen molar-refractivity contribution < 1.29 is 0 Å². The molecule has 0 aromatic rings. The summed E-state index contributed by atoms with van der Waals surface area (Å²) < 4.78 is 0. The van der Waals surface area contributed by atoms with Crippen LogP contribution in [0.3, 0.4) is 0 Å². The number of piperidine rings is 1. The van der Waals surface area contributed by atoms with E-state index in [0.717, 1.165) is 23.9 Å². The molecule has 1 N–H and O–H groups in total. The van der Waals surface area contributed by atoms with Crippen LogP contribution in [0.4, 0.5) is 0 Å². The molecule has 0 amide bonds. The zero-order valence-electron chi connectivity index (χ0n) is 13.3. The summed E-state index contributed by atoms with van der Waals surface area (Å²) >= 11 is 0. The summed E-state index contributed by atoms with van der Waals surface area (Å²) in [6, 6.07) is 1.70. The first kappa shape index (κ1) is 15.3. The third-order valence-electron chi connectivity index (χ3n) is 5.06. The molecule has 0 radical (unpaired) electrons. The van der Waals surface area contributed by atoms with Gasteiger partial charge in [0.2, 0.25) is 0 Å². The Morgan fingerprint density at radius 3 is 2.47 bits per heavy atom. The van der Waals surface area contributed by atoms with Gasteiger partial charge in [0.15, 0.2) is 0 Å². The highest BCUT2D eigenvalue weighted by atomic mass is 15.2. The molecule has 1 unspecified atom stereocenters. The summed E-state index contributed by atoms with van der Waals surface area (Å²) in [5, 5.41) is 3.69. The molecule has 1 atom stereocenters. The van der Waals surface area contributed by atoms with Crippen molar-refractivity contribution in [2.75, 3.05) is 19.6 Å². The molecule has 2 rings (SSSR count). The monoisotopic (exact) mass is 266 g/mol. The number of likely N-dealkylation sites (tertiary alicyclic amines) is 1. The molecule has 2 heteroatoms. The lowest BCUT2D eigenvalue weighted by molar-refractivity contribution is 0.0638. The second-order valence-corrected chi connectivity index (χ2v) is 7.35. The zero-order valence-corrected chi connectivity index (χ0v) is 13.3. The Hall–Kier alpha value is -0.0800. The van der Waals surface area contributed by atoms with Gasteiger partial charge in [-0.25, -0.2) is 0 Å². The summed E-state index contributed by atoms with van der Waals surface area (Å²) in [6.45, 7) is 10.8. The van der Waals surface area contributed by atoms with Gasteiger partial charge in [-0.1, -0.05) is 27.2 Å². The van der Waals surface area contributed by atoms with E-state index in [1.165, 1.54) is 64.6 Å². The van der Waals surface area contributed by atoms with Crippen molar-refractivity contribution in [3.05, 3.63) is 0 Å². The number of nitrogens with one attached hydrogen (secondary N) is 1. The summed E-state index contributed by atoms with van der Waals surface area (Å²) in [4.78, 5) is 2.86. The standard InChI is InChI=1S/C17H34N2/c1-14(2)12-18-13-17-6-4-5-11-19(17)16-9-7-15(3)8-10-16/h14-18H,4-13H2,1-3H3. The molecule has 0 aromatic heterocycles. The van der Waals surface area contributed by atoms with Crippen LogP contribution in [0.2, 0.25) is 0 Å². The van der Waals surface area contributed by atoms with Gasteiger partial charge in [-0.05, 0) is 63.5 Å². The van der Waals surface area contributed by atoms with E-state index in [0.29, 0.717) is 0 Å². The van der Waals surface area contributed by atoms with E-state index in [-0.39, 0.29) is 0 Å². The molecule has 2 fully saturated rings. The average Bonchev–Trinajstić information content (AvgIpc) is 2.40. The summed E-state index contributed by atoms with van der Waals surface area (Å²) in [5.74, 6) is 1.74. The molecule has 1 heterocycles. The number of hydrogen-bond acceptors (Lipinski definition) is 2. The molecular formula is C17H34N2. The van der Waals surface area contributed by atoms with Gasteiger partial charge in [0.25, 0.3) is 0 Å². The summed E-state index contributed by atoms with van der Waals surface area (Å²) in [5.41, 5.74) is 0. The van der Waals surface area contributed by atoms with Gasteiger partial charge >= 0.3 is 0 Å². The van der Waals surface area contributed by atoms with Gasteiger partial charge in [0.05, 0.1) is 0 Å². The van der Waals surface area contributed by atoms with E-state index in [4.69, 9.17) is 0 Å².